The first-order valence-corrected chi connectivity index (χ1v) is 10.2. The zero-order valence-electron chi connectivity index (χ0n) is 15.8. The van der Waals surface area contributed by atoms with Crippen molar-refractivity contribution in [3.8, 4) is 0 Å². The highest BCUT2D eigenvalue weighted by Crippen LogP contribution is 2.23. The second kappa shape index (κ2) is 8.73. The fourth-order valence-electron chi connectivity index (χ4n) is 2.63. The molecule has 160 valence electrons. The van der Waals surface area contributed by atoms with Crippen LogP contribution in [0.25, 0.3) is 0 Å². The minimum Gasteiger partial charge on any atom is -0.478 e. The number of anilines is 3. The second-order valence-electron chi connectivity index (χ2n) is 6.30. The molecule has 0 unspecified atom stereocenters. The molecule has 10 nitrogen and oxygen atoms in total. The number of aromatic carboxylic acids is 2. The lowest BCUT2D eigenvalue weighted by atomic mass is 10.1. The first-order valence-electron chi connectivity index (χ1n) is 8.71. The average molecular weight is 443 g/mol. The highest BCUT2D eigenvalue weighted by atomic mass is 32.2. The summed E-state index contributed by atoms with van der Waals surface area (Å²) in [4.78, 5) is 22.4. The minimum atomic E-state index is -4.38. The summed E-state index contributed by atoms with van der Waals surface area (Å²) in [7, 11) is -4.38. The highest BCUT2D eigenvalue weighted by Gasteiger charge is 2.15. The van der Waals surface area contributed by atoms with Gasteiger partial charge in [0.2, 0.25) is 0 Å². The number of hydrazine groups is 2. The van der Waals surface area contributed by atoms with Crippen molar-refractivity contribution in [3.05, 3.63) is 83.9 Å². The Labute approximate surface area is 177 Å². The number of carboxylic acid groups (broad SMARTS) is 2. The van der Waals surface area contributed by atoms with Gasteiger partial charge in [0.25, 0.3) is 10.1 Å². The van der Waals surface area contributed by atoms with Gasteiger partial charge in [0.1, 0.15) is 0 Å². The largest absolute Gasteiger partial charge is 0.478 e. The third-order valence-corrected chi connectivity index (χ3v) is 4.94. The fourth-order valence-corrected chi connectivity index (χ4v) is 3.11. The van der Waals surface area contributed by atoms with Crippen LogP contribution in [-0.4, -0.2) is 35.1 Å². The summed E-state index contributed by atoms with van der Waals surface area (Å²) < 4.78 is 31.8. The molecular weight excluding hydrogens is 426 g/mol. The topological polar surface area (TPSA) is 156 Å². The van der Waals surface area contributed by atoms with Crippen molar-refractivity contribution in [1.82, 2.24) is 0 Å². The van der Waals surface area contributed by atoms with Gasteiger partial charge in [0.15, 0.2) is 0 Å². The van der Waals surface area contributed by atoms with Crippen molar-refractivity contribution < 1.29 is 32.8 Å². The van der Waals surface area contributed by atoms with E-state index in [-0.39, 0.29) is 21.7 Å². The van der Waals surface area contributed by atoms with Crippen LogP contribution in [0.15, 0.2) is 77.7 Å². The first kappa shape index (κ1) is 21.6. The molecule has 0 spiro atoms. The van der Waals surface area contributed by atoms with Crippen LogP contribution >= 0.6 is 0 Å². The van der Waals surface area contributed by atoms with Crippen molar-refractivity contribution in [1.29, 1.82) is 0 Å². The van der Waals surface area contributed by atoms with Gasteiger partial charge in [0.05, 0.1) is 33.1 Å². The molecule has 0 radical (unpaired) electrons. The van der Waals surface area contributed by atoms with Crippen molar-refractivity contribution in [2.24, 2.45) is 0 Å². The van der Waals surface area contributed by atoms with Gasteiger partial charge in [-0.15, -0.1) is 0 Å². The Hall–Kier alpha value is -4.09. The number of rotatable bonds is 8. The zero-order valence-corrected chi connectivity index (χ0v) is 16.6. The van der Waals surface area contributed by atoms with Crippen LogP contribution in [-0.2, 0) is 10.1 Å². The molecule has 3 aromatic rings. The molecule has 0 saturated heterocycles. The maximum atomic E-state index is 11.4. The van der Waals surface area contributed by atoms with Crippen molar-refractivity contribution in [3.63, 3.8) is 0 Å². The summed E-state index contributed by atoms with van der Waals surface area (Å²) in [5, 5.41) is 19.9. The van der Waals surface area contributed by atoms with Crippen LogP contribution < -0.4 is 16.0 Å². The Bertz CT molecular complexity index is 1180. The normalized spacial score (nSPS) is 10.9. The molecule has 3 aromatic carbocycles. The molecule has 0 atom stereocenters. The van der Waals surface area contributed by atoms with Crippen LogP contribution in [0.1, 0.15) is 20.7 Å². The molecule has 0 bridgehead atoms. The van der Waals surface area contributed by atoms with Gasteiger partial charge < -0.3 is 10.2 Å². The smallest absolute Gasteiger partial charge is 0.335 e. The number of hydrogen-bond acceptors (Lipinski definition) is 7. The number of para-hydroxylation sites is 1. The van der Waals surface area contributed by atoms with Crippen LogP contribution in [0.2, 0.25) is 0 Å². The van der Waals surface area contributed by atoms with Gasteiger partial charge in [-0.3, -0.25) is 15.4 Å². The minimum absolute atomic E-state index is 0.152. The van der Waals surface area contributed by atoms with Crippen LogP contribution in [0.3, 0.4) is 0 Å². The Kier molecular flexibility index (Phi) is 6.09. The summed E-state index contributed by atoms with van der Waals surface area (Å²) in [5.41, 5.74) is 6.59. The SMILES string of the molecule is O=C(O)c1cc(NN(Nc2ccccc2)c2ccc(S(=O)(=O)O)cc2)cc(C(=O)O)c1. The Morgan fingerprint density at radius 1 is 0.742 bits per heavy atom. The van der Waals surface area contributed by atoms with Crippen LogP contribution in [0.4, 0.5) is 17.1 Å². The monoisotopic (exact) mass is 443 g/mol. The number of carbonyl (C=O) groups is 2. The molecule has 0 aromatic heterocycles. The van der Waals surface area contributed by atoms with Gasteiger partial charge in [-0.05, 0) is 54.6 Å². The van der Waals surface area contributed by atoms with Gasteiger partial charge in [-0.1, -0.05) is 18.2 Å². The number of benzene rings is 3. The van der Waals surface area contributed by atoms with Gasteiger partial charge >= 0.3 is 11.9 Å². The van der Waals surface area contributed by atoms with E-state index in [1.165, 1.54) is 41.5 Å². The average Bonchev–Trinajstić information content (AvgIpc) is 2.73. The number of carboxylic acids is 2. The molecule has 0 aliphatic carbocycles. The Balaban J connectivity index is 2.01. The third-order valence-electron chi connectivity index (χ3n) is 4.08. The summed E-state index contributed by atoms with van der Waals surface area (Å²) in [6, 6.07) is 17.5. The lowest BCUT2D eigenvalue weighted by Gasteiger charge is -2.28. The highest BCUT2D eigenvalue weighted by molar-refractivity contribution is 7.85. The lowest BCUT2D eigenvalue weighted by molar-refractivity contribution is 0.0696. The Morgan fingerprint density at radius 3 is 1.74 bits per heavy atom. The fraction of sp³-hybridized carbons (Fsp3) is 0. The standard InChI is InChI=1S/C20H17N3O7S/c24-19(25)13-10-14(20(26)27)12-16(11-13)22-23(21-15-4-2-1-3-5-15)17-6-8-18(9-7-17)31(28,29)30/h1-12,21-22H,(H,24,25)(H,26,27)(H,28,29,30). The lowest BCUT2D eigenvalue weighted by Crippen LogP contribution is -2.35. The van der Waals surface area contributed by atoms with E-state index in [9.17, 15) is 32.8 Å². The summed E-state index contributed by atoms with van der Waals surface area (Å²) in [5.74, 6) is -2.60. The number of hydrogen-bond donors (Lipinski definition) is 5. The van der Waals surface area contributed by atoms with Crippen molar-refractivity contribution in [2.75, 3.05) is 16.0 Å². The third kappa shape index (κ3) is 5.50. The van der Waals surface area contributed by atoms with Gasteiger partial charge in [-0.2, -0.15) is 13.5 Å². The maximum absolute atomic E-state index is 11.4. The number of nitrogens with one attached hydrogen (secondary N) is 2. The van der Waals surface area contributed by atoms with E-state index in [1.807, 2.05) is 0 Å². The predicted octanol–water partition coefficient (Wildman–Crippen LogP) is 3.19. The second-order valence-corrected chi connectivity index (χ2v) is 7.72. The van der Waals surface area contributed by atoms with Gasteiger partial charge in [0, 0.05) is 0 Å². The first-order chi connectivity index (χ1) is 14.6. The molecule has 0 amide bonds. The van der Waals surface area contributed by atoms with E-state index >= 15 is 0 Å². The quantitative estimate of drug-likeness (QED) is 0.259. The molecule has 5 N–H and O–H groups in total. The van der Waals surface area contributed by atoms with E-state index in [4.69, 9.17) is 0 Å². The Morgan fingerprint density at radius 2 is 1.26 bits per heavy atom. The molecule has 0 aliphatic rings. The van der Waals surface area contributed by atoms with E-state index in [2.05, 4.69) is 10.9 Å². The van der Waals surface area contributed by atoms with Crippen LogP contribution in [0, 0.1) is 0 Å². The van der Waals surface area contributed by atoms with Crippen molar-refractivity contribution in [2.45, 2.75) is 4.90 Å². The molecule has 11 heteroatoms. The van der Waals surface area contributed by atoms with Crippen molar-refractivity contribution >= 4 is 39.1 Å². The predicted molar refractivity (Wildman–Crippen MR) is 113 cm³/mol. The molecule has 0 fully saturated rings. The van der Waals surface area contributed by atoms with E-state index in [1.54, 1.807) is 30.3 Å². The molecule has 0 saturated carbocycles. The molecule has 0 aliphatic heterocycles. The van der Waals surface area contributed by atoms with E-state index in [0.717, 1.165) is 6.07 Å². The summed E-state index contributed by atoms with van der Waals surface area (Å²) >= 11 is 0. The number of nitrogens with zero attached hydrogens (tertiary/aromatic N) is 1. The van der Waals surface area contributed by atoms with Crippen LogP contribution in [0.5, 0.6) is 0 Å². The summed E-state index contributed by atoms with van der Waals surface area (Å²) in [6.45, 7) is 0. The van der Waals surface area contributed by atoms with Gasteiger partial charge in [-0.25, -0.2) is 9.59 Å². The molecule has 31 heavy (non-hydrogen) atoms. The van der Waals surface area contributed by atoms with E-state index in [0.29, 0.717) is 11.4 Å². The van der Waals surface area contributed by atoms with E-state index < -0.39 is 22.1 Å². The molecule has 0 heterocycles. The molecule has 3 rings (SSSR count). The summed E-state index contributed by atoms with van der Waals surface area (Å²) in [6.07, 6.45) is 0. The maximum Gasteiger partial charge on any atom is 0.335 e. The molecular formula is C20H17N3O7S. The zero-order chi connectivity index (χ0) is 22.6.